The van der Waals surface area contributed by atoms with Gasteiger partial charge < -0.3 is 9.97 Å². The molecule has 1 aliphatic rings. The number of carbonyl (C=O) groups is 1. The summed E-state index contributed by atoms with van der Waals surface area (Å²) in [7, 11) is -3.70. The van der Waals surface area contributed by atoms with Crippen molar-refractivity contribution in [3.63, 3.8) is 0 Å². The van der Waals surface area contributed by atoms with Crippen LogP contribution < -0.4 is 10.3 Å². The molecule has 154 valence electrons. The van der Waals surface area contributed by atoms with Crippen LogP contribution in [0.5, 0.6) is 0 Å². The summed E-state index contributed by atoms with van der Waals surface area (Å²) in [5.74, 6) is 0.566. The topological polar surface area (TPSA) is 125 Å². The summed E-state index contributed by atoms with van der Waals surface area (Å²) in [6.07, 6.45) is 7.05. The molecular weight excluding hydrogens is 404 g/mol. The minimum Gasteiger partial charge on any atom is -0.341 e. The number of imidazole rings is 1. The number of hydrogen-bond donors (Lipinski definition) is 3. The first-order chi connectivity index (χ1) is 14.3. The zero-order valence-electron chi connectivity index (χ0n) is 16.3. The van der Waals surface area contributed by atoms with Crippen LogP contribution in [0.25, 0.3) is 32.6 Å². The molecule has 0 unspecified atom stereocenters. The highest BCUT2D eigenvalue weighted by Crippen LogP contribution is 2.37. The lowest BCUT2D eigenvalue weighted by Crippen LogP contribution is -2.29. The van der Waals surface area contributed by atoms with Crippen LogP contribution in [0.3, 0.4) is 0 Å². The zero-order chi connectivity index (χ0) is 21.0. The summed E-state index contributed by atoms with van der Waals surface area (Å²) in [6, 6.07) is 6.66. The molecule has 0 radical (unpaired) electrons. The third kappa shape index (κ3) is 3.06. The van der Waals surface area contributed by atoms with Gasteiger partial charge in [-0.3, -0.25) is 9.59 Å². The molecule has 0 atom stereocenters. The Morgan fingerprint density at radius 2 is 1.90 bits per heavy atom. The summed E-state index contributed by atoms with van der Waals surface area (Å²) < 4.78 is 24.9. The lowest BCUT2D eigenvalue weighted by atomic mass is 9.99. The van der Waals surface area contributed by atoms with E-state index < -0.39 is 15.9 Å². The summed E-state index contributed by atoms with van der Waals surface area (Å²) >= 11 is 0. The van der Waals surface area contributed by atoms with Crippen molar-refractivity contribution in [2.45, 2.75) is 31.6 Å². The van der Waals surface area contributed by atoms with Crippen molar-refractivity contribution >= 4 is 48.5 Å². The first-order valence-corrected chi connectivity index (χ1v) is 11.7. The first-order valence-electron chi connectivity index (χ1n) is 9.81. The van der Waals surface area contributed by atoms with Crippen molar-refractivity contribution in [3.8, 4) is 0 Å². The van der Waals surface area contributed by atoms with Gasteiger partial charge in [0.05, 0.1) is 22.7 Å². The Balaban J connectivity index is 1.82. The molecular formula is C21H20N4O4S. The number of pyridine rings is 1. The minimum atomic E-state index is -3.70. The smallest absolute Gasteiger partial charge is 0.264 e. The Hall–Kier alpha value is -3.20. The maximum absolute atomic E-state index is 12.7. The molecule has 8 nitrogen and oxygen atoms in total. The highest BCUT2D eigenvalue weighted by atomic mass is 32.2. The molecule has 9 heteroatoms. The van der Waals surface area contributed by atoms with Gasteiger partial charge in [-0.1, -0.05) is 18.9 Å². The lowest BCUT2D eigenvalue weighted by Gasteiger charge is -2.08. The first kappa shape index (κ1) is 18.8. The number of H-pyrrole nitrogens is 2. The highest BCUT2D eigenvalue weighted by Gasteiger charge is 2.23. The van der Waals surface area contributed by atoms with Crippen LogP contribution in [0.15, 0.2) is 35.3 Å². The van der Waals surface area contributed by atoms with Gasteiger partial charge in [-0.15, -0.1) is 0 Å². The Morgan fingerprint density at radius 3 is 2.63 bits per heavy atom. The van der Waals surface area contributed by atoms with Gasteiger partial charge >= 0.3 is 0 Å². The van der Waals surface area contributed by atoms with Gasteiger partial charge in [0.25, 0.3) is 11.5 Å². The number of hydrogen-bond acceptors (Lipinski definition) is 5. The highest BCUT2D eigenvalue weighted by molar-refractivity contribution is 7.89. The number of nitrogens with one attached hydrogen (secondary N) is 3. The predicted molar refractivity (Wildman–Crippen MR) is 115 cm³/mol. The average Bonchev–Trinajstić information content (AvgIpc) is 3.36. The van der Waals surface area contributed by atoms with Gasteiger partial charge in [0.15, 0.2) is 0 Å². The van der Waals surface area contributed by atoms with E-state index in [1.165, 1.54) is 12.8 Å². The molecule has 1 saturated carbocycles. The van der Waals surface area contributed by atoms with Crippen LogP contribution in [-0.4, -0.2) is 35.5 Å². The maximum atomic E-state index is 12.7. The van der Waals surface area contributed by atoms with Crippen LogP contribution in [0.4, 0.5) is 0 Å². The third-order valence-electron chi connectivity index (χ3n) is 5.78. The molecule has 0 bridgehead atoms. The largest absolute Gasteiger partial charge is 0.341 e. The Labute approximate surface area is 171 Å². The summed E-state index contributed by atoms with van der Waals surface area (Å²) in [5.41, 5.74) is 1.43. The third-order valence-corrected chi connectivity index (χ3v) is 6.33. The molecule has 4 aromatic rings. The van der Waals surface area contributed by atoms with Crippen LogP contribution in [0, 0.1) is 0 Å². The molecule has 1 fully saturated rings. The predicted octanol–water partition coefficient (Wildman–Crippen LogP) is 2.90. The molecule has 2 aromatic carbocycles. The van der Waals surface area contributed by atoms with Crippen molar-refractivity contribution in [1.82, 2.24) is 19.7 Å². The van der Waals surface area contributed by atoms with Gasteiger partial charge in [0.1, 0.15) is 5.82 Å². The Bertz CT molecular complexity index is 1490. The van der Waals surface area contributed by atoms with E-state index in [9.17, 15) is 18.0 Å². The van der Waals surface area contributed by atoms with E-state index in [-0.39, 0.29) is 11.1 Å². The van der Waals surface area contributed by atoms with Crippen molar-refractivity contribution in [3.05, 3.63) is 52.2 Å². The standard InChI is InChI=1S/C21H20N4O4S/c1-30(28,29)25-20(26)12-6-7-13-15(10-12)16-14(8-9-22-21(16)27)18-17(13)23-19(24-18)11-4-2-3-5-11/h6-11H,2-5H2,1H3,(H,22,27)(H,23,24)(H,25,26). The second kappa shape index (κ2) is 6.66. The molecule has 3 N–H and O–H groups in total. The second-order valence-electron chi connectivity index (χ2n) is 7.89. The summed E-state index contributed by atoms with van der Waals surface area (Å²) in [5, 5.41) is 2.46. The molecule has 0 aliphatic heterocycles. The zero-order valence-corrected chi connectivity index (χ0v) is 17.1. The fourth-order valence-electron chi connectivity index (χ4n) is 4.45. The molecule has 0 saturated heterocycles. The van der Waals surface area contributed by atoms with E-state index in [0.717, 1.165) is 41.3 Å². The average molecular weight is 424 g/mol. The molecule has 2 aromatic heterocycles. The van der Waals surface area contributed by atoms with E-state index in [0.29, 0.717) is 22.1 Å². The van der Waals surface area contributed by atoms with Crippen molar-refractivity contribution < 1.29 is 13.2 Å². The fourth-order valence-corrected chi connectivity index (χ4v) is 4.91. The van der Waals surface area contributed by atoms with Crippen LogP contribution in [0.1, 0.15) is 47.8 Å². The molecule has 0 spiro atoms. The van der Waals surface area contributed by atoms with Gasteiger partial charge in [-0.25, -0.2) is 18.1 Å². The molecule has 2 heterocycles. The van der Waals surface area contributed by atoms with Gasteiger partial charge in [-0.05, 0) is 36.4 Å². The van der Waals surface area contributed by atoms with E-state index in [4.69, 9.17) is 4.98 Å². The van der Waals surface area contributed by atoms with Gasteiger partial charge in [0, 0.05) is 28.5 Å². The fraction of sp³-hybridized carbons (Fsp3) is 0.286. The number of rotatable bonds is 3. The summed E-state index contributed by atoms with van der Waals surface area (Å²) in [4.78, 5) is 36.1. The molecule has 5 rings (SSSR count). The SMILES string of the molecule is CS(=O)(=O)NC(=O)c1ccc2c(c1)c1c(=O)[nH]ccc1c1nc(C3CCCC3)[nH]c21. The molecule has 1 aliphatic carbocycles. The van der Waals surface area contributed by atoms with Crippen LogP contribution >= 0.6 is 0 Å². The molecule has 30 heavy (non-hydrogen) atoms. The van der Waals surface area contributed by atoms with Crippen LogP contribution in [0.2, 0.25) is 0 Å². The van der Waals surface area contributed by atoms with E-state index in [2.05, 4.69) is 9.97 Å². The minimum absolute atomic E-state index is 0.160. The van der Waals surface area contributed by atoms with Gasteiger partial charge in [-0.2, -0.15) is 0 Å². The number of aromatic nitrogens is 3. The van der Waals surface area contributed by atoms with E-state index in [1.807, 2.05) is 4.72 Å². The Kier molecular flexibility index (Phi) is 4.18. The number of nitrogens with zero attached hydrogens (tertiary/aromatic N) is 1. The van der Waals surface area contributed by atoms with Gasteiger partial charge in [0.2, 0.25) is 10.0 Å². The molecule has 1 amide bonds. The van der Waals surface area contributed by atoms with Crippen molar-refractivity contribution in [1.29, 1.82) is 0 Å². The normalized spacial score (nSPS) is 15.4. The number of benzene rings is 2. The number of sulfonamides is 1. The van der Waals surface area contributed by atoms with Crippen molar-refractivity contribution in [2.75, 3.05) is 6.26 Å². The number of carbonyl (C=O) groups excluding carboxylic acids is 1. The van der Waals surface area contributed by atoms with E-state index >= 15 is 0 Å². The second-order valence-corrected chi connectivity index (χ2v) is 9.63. The monoisotopic (exact) mass is 424 g/mol. The Morgan fingerprint density at radius 1 is 1.13 bits per heavy atom. The van der Waals surface area contributed by atoms with Crippen molar-refractivity contribution in [2.24, 2.45) is 0 Å². The van der Waals surface area contributed by atoms with Crippen LogP contribution in [-0.2, 0) is 10.0 Å². The van der Waals surface area contributed by atoms with E-state index in [1.54, 1.807) is 30.5 Å². The lowest BCUT2D eigenvalue weighted by molar-refractivity contribution is 0.0982. The number of amides is 1. The quantitative estimate of drug-likeness (QED) is 0.436. The number of fused-ring (bicyclic) bond motifs is 6. The summed E-state index contributed by atoms with van der Waals surface area (Å²) in [6.45, 7) is 0. The number of aromatic amines is 2. The maximum Gasteiger partial charge on any atom is 0.264 e.